The molecule has 2 rings (SSSR count). The van der Waals surface area contributed by atoms with E-state index in [0.29, 0.717) is 0 Å². The molecule has 0 aliphatic heterocycles. The summed E-state index contributed by atoms with van der Waals surface area (Å²) in [5, 5.41) is 6.85. The lowest BCUT2D eigenvalue weighted by atomic mass is 10.3. The fourth-order valence-corrected chi connectivity index (χ4v) is 1.56. The summed E-state index contributed by atoms with van der Waals surface area (Å²) in [7, 11) is 0. The second-order valence-corrected chi connectivity index (χ2v) is 4.18. The molecule has 0 atom stereocenters. The summed E-state index contributed by atoms with van der Waals surface area (Å²) >= 11 is 0. The zero-order valence-electron chi connectivity index (χ0n) is 9.29. The maximum absolute atomic E-state index is 4.29. The third kappa shape index (κ3) is 3.51. The number of nitrogens with zero attached hydrogens (tertiary/aromatic N) is 1. The van der Waals surface area contributed by atoms with Crippen LogP contribution in [-0.4, -0.2) is 24.1 Å². The summed E-state index contributed by atoms with van der Waals surface area (Å²) in [5.74, 6) is 1.02. The first-order valence-electron chi connectivity index (χ1n) is 5.75. The third-order valence-corrected chi connectivity index (χ3v) is 2.67. The Labute approximate surface area is 91.3 Å². The van der Waals surface area contributed by atoms with Crippen molar-refractivity contribution in [3.63, 3.8) is 0 Å². The van der Waals surface area contributed by atoms with Crippen LogP contribution in [0.2, 0.25) is 0 Å². The highest BCUT2D eigenvalue weighted by Gasteiger charge is 2.19. The van der Waals surface area contributed by atoms with Gasteiger partial charge >= 0.3 is 0 Å². The Bertz CT molecular complexity index is 307. The first-order chi connectivity index (χ1) is 7.36. The molecule has 0 aromatic carbocycles. The number of aromatic nitrogens is 1. The molecule has 82 valence electrons. The fraction of sp³-hybridized carbons (Fsp3) is 0.583. The van der Waals surface area contributed by atoms with Gasteiger partial charge in [-0.05, 0) is 44.4 Å². The van der Waals surface area contributed by atoms with E-state index < -0.39 is 0 Å². The summed E-state index contributed by atoms with van der Waals surface area (Å²) in [5.41, 5.74) is 1.22. The summed E-state index contributed by atoms with van der Waals surface area (Å²) in [4.78, 5) is 4.29. The second kappa shape index (κ2) is 5.12. The zero-order chi connectivity index (χ0) is 10.5. The molecule has 0 unspecified atom stereocenters. The van der Waals surface area contributed by atoms with E-state index >= 15 is 0 Å². The highest BCUT2D eigenvalue weighted by Crippen LogP contribution is 2.18. The van der Waals surface area contributed by atoms with Crippen molar-refractivity contribution in [2.45, 2.75) is 32.2 Å². The number of hydrogen-bond donors (Lipinski definition) is 2. The molecule has 1 aromatic heterocycles. The van der Waals surface area contributed by atoms with Crippen molar-refractivity contribution < 1.29 is 0 Å². The molecule has 0 amide bonds. The minimum absolute atomic E-state index is 0.821. The first-order valence-corrected chi connectivity index (χ1v) is 5.75. The standard InChI is InChI=1S/C12H19N3/c1-10-4-2-7-14-12(10)15-9-3-8-13-11-5-6-11/h2,4,7,11,13H,3,5-6,8-9H2,1H3,(H,14,15). The van der Waals surface area contributed by atoms with E-state index in [1.807, 2.05) is 12.3 Å². The van der Waals surface area contributed by atoms with E-state index in [0.717, 1.165) is 31.4 Å². The molecule has 1 aliphatic carbocycles. The van der Waals surface area contributed by atoms with Crippen LogP contribution in [0.25, 0.3) is 0 Å². The predicted molar refractivity (Wildman–Crippen MR) is 63.1 cm³/mol. The van der Waals surface area contributed by atoms with Crippen LogP contribution in [0.15, 0.2) is 18.3 Å². The molecule has 0 spiro atoms. The Morgan fingerprint density at radius 2 is 2.27 bits per heavy atom. The second-order valence-electron chi connectivity index (χ2n) is 4.18. The van der Waals surface area contributed by atoms with Crippen molar-refractivity contribution in [3.8, 4) is 0 Å². The van der Waals surface area contributed by atoms with Crippen molar-refractivity contribution >= 4 is 5.82 Å². The van der Waals surface area contributed by atoms with Crippen molar-refractivity contribution in [1.82, 2.24) is 10.3 Å². The Hall–Kier alpha value is -1.09. The predicted octanol–water partition coefficient (Wildman–Crippen LogP) is 1.94. The monoisotopic (exact) mass is 205 g/mol. The van der Waals surface area contributed by atoms with Crippen molar-refractivity contribution in [2.75, 3.05) is 18.4 Å². The summed E-state index contributed by atoms with van der Waals surface area (Å²) in [6, 6.07) is 4.87. The van der Waals surface area contributed by atoms with Gasteiger partial charge in [0.1, 0.15) is 5.82 Å². The molecule has 1 aromatic rings. The van der Waals surface area contributed by atoms with Crippen LogP contribution in [0.4, 0.5) is 5.82 Å². The quantitative estimate of drug-likeness (QED) is 0.697. The van der Waals surface area contributed by atoms with Crippen LogP contribution in [-0.2, 0) is 0 Å². The number of nitrogens with one attached hydrogen (secondary N) is 2. The molecular formula is C12H19N3. The summed E-state index contributed by atoms with van der Waals surface area (Å²) in [6.07, 6.45) is 5.73. The number of rotatable bonds is 6. The smallest absolute Gasteiger partial charge is 0.128 e. The Kier molecular flexibility index (Phi) is 3.56. The average Bonchev–Trinajstić information content (AvgIpc) is 3.04. The molecule has 1 heterocycles. The van der Waals surface area contributed by atoms with Gasteiger partial charge in [-0.2, -0.15) is 0 Å². The third-order valence-electron chi connectivity index (χ3n) is 2.67. The Morgan fingerprint density at radius 1 is 1.40 bits per heavy atom. The van der Waals surface area contributed by atoms with Crippen molar-refractivity contribution in [1.29, 1.82) is 0 Å². The molecule has 1 fully saturated rings. The van der Waals surface area contributed by atoms with Crippen LogP contribution in [0.5, 0.6) is 0 Å². The number of aryl methyl sites for hydroxylation is 1. The topological polar surface area (TPSA) is 37.0 Å². The molecule has 3 nitrogen and oxygen atoms in total. The van der Waals surface area contributed by atoms with Gasteiger partial charge in [-0.1, -0.05) is 6.07 Å². The zero-order valence-corrected chi connectivity index (χ0v) is 9.29. The van der Waals surface area contributed by atoms with Gasteiger partial charge in [-0.15, -0.1) is 0 Å². The molecule has 0 radical (unpaired) electrons. The van der Waals surface area contributed by atoms with E-state index in [9.17, 15) is 0 Å². The normalized spacial score (nSPS) is 15.3. The molecule has 15 heavy (non-hydrogen) atoms. The molecule has 1 aliphatic rings. The van der Waals surface area contributed by atoms with Gasteiger partial charge in [-0.25, -0.2) is 4.98 Å². The minimum atomic E-state index is 0.821. The molecule has 0 bridgehead atoms. The molecule has 0 saturated heterocycles. The summed E-state index contributed by atoms with van der Waals surface area (Å²) in [6.45, 7) is 4.19. The highest BCUT2D eigenvalue weighted by atomic mass is 15.0. The van der Waals surface area contributed by atoms with Gasteiger partial charge in [0.05, 0.1) is 0 Å². The van der Waals surface area contributed by atoms with Crippen LogP contribution in [0.1, 0.15) is 24.8 Å². The molecule has 3 heteroatoms. The maximum Gasteiger partial charge on any atom is 0.128 e. The fourth-order valence-electron chi connectivity index (χ4n) is 1.56. The average molecular weight is 205 g/mol. The van der Waals surface area contributed by atoms with E-state index in [-0.39, 0.29) is 0 Å². The maximum atomic E-state index is 4.29. The summed E-state index contributed by atoms with van der Waals surface area (Å²) < 4.78 is 0. The SMILES string of the molecule is Cc1cccnc1NCCCNC1CC1. The minimum Gasteiger partial charge on any atom is -0.370 e. The van der Waals surface area contributed by atoms with Gasteiger partial charge in [-0.3, -0.25) is 0 Å². The molecule has 1 saturated carbocycles. The Balaban J connectivity index is 1.62. The number of anilines is 1. The Morgan fingerprint density at radius 3 is 3.00 bits per heavy atom. The lowest BCUT2D eigenvalue weighted by molar-refractivity contribution is 0.658. The van der Waals surface area contributed by atoms with Gasteiger partial charge in [0, 0.05) is 18.8 Å². The lowest BCUT2D eigenvalue weighted by Gasteiger charge is -2.08. The van der Waals surface area contributed by atoms with Crippen LogP contribution in [0, 0.1) is 6.92 Å². The molecule has 2 N–H and O–H groups in total. The number of hydrogen-bond acceptors (Lipinski definition) is 3. The van der Waals surface area contributed by atoms with E-state index in [1.54, 1.807) is 0 Å². The van der Waals surface area contributed by atoms with Crippen LogP contribution >= 0.6 is 0 Å². The lowest BCUT2D eigenvalue weighted by Crippen LogP contribution is -2.20. The number of pyridine rings is 1. The van der Waals surface area contributed by atoms with Gasteiger partial charge in [0.25, 0.3) is 0 Å². The highest BCUT2D eigenvalue weighted by molar-refractivity contribution is 5.42. The largest absolute Gasteiger partial charge is 0.370 e. The molecular weight excluding hydrogens is 186 g/mol. The van der Waals surface area contributed by atoms with E-state index in [4.69, 9.17) is 0 Å². The van der Waals surface area contributed by atoms with E-state index in [1.165, 1.54) is 18.4 Å². The van der Waals surface area contributed by atoms with Gasteiger partial charge in [0.15, 0.2) is 0 Å². The van der Waals surface area contributed by atoms with Crippen molar-refractivity contribution in [2.24, 2.45) is 0 Å². The van der Waals surface area contributed by atoms with Gasteiger partial charge in [0.2, 0.25) is 0 Å². The van der Waals surface area contributed by atoms with Crippen molar-refractivity contribution in [3.05, 3.63) is 23.9 Å². The van der Waals surface area contributed by atoms with Crippen LogP contribution in [0.3, 0.4) is 0 Å². The van der Waals surface area contributed by atoms with Crippen LogP contribution < -0.4 is 10.6 Å². The van der Waals surface area contributed by atoms with Gasteiger partial charge < -0.3 is 10.6 Å². The first kappa shape index (κ1) is 10.4. The van der Waals surface area contributed by atoms with E-state index in [2.05, 4.69) is 28.6 Å².